The van der Waals surface area contributed by atoms with E-state index in [4.69, 9.17) is 0 Å². The zero-order valence-corrected chi connectivity index (χ0v) is 5.86. The number of allylic oxidation sites excluding steroid dienone is 1. The lowest BCUT2D eigenvalue weighted by molar-refractivity contribution is -0.114. The van der Waals surface area contributed by atoms with Gasteiger partial charge in [0.2, 0.25) is 0 Å². The Labute approximate surface area is 58.5 Å². The Balaban J connectivity index is 2.29. The molecule has 1 nitrogen and oxygen atoms in total. The van der Waals surface area contributed by atoms with Gasteiger partial charge in [0, 0.05) is 5.25 Å². The van der Waals surface area contributed by atoms with Crippen molar-refractivity contribution in [3.63, 3.8) is 0 Å². The normalized spacial score (nSPS) is 39.8. The zero-order valence-electron chi connectivity index (χ0n) is 5.04. The minimum Gasteiger partial charge on any atom is -0.294 e. The average Bonchev–Trinajstić information content (AvgIpc) is 2.25. The number of fused-ring (bicyclic) bond motifs is 2. The fourth-order valence-electron chi connectivity index (χ4n) is 1.32. The SMILES string of the molecule is O=C1C=CC2CCC1S2. The van der Waals surface area contributed by atoms with Crippen molar-refractivity contribution in [1.29, 1.82) is 0 Å². The molecule has 2 atom stereocenters. The van der Waals surface area contributed by atoms with Crippen LogP contribution in [0.2, 0.25) is 0 Å². The number of thioether (sulfide) groups is 1. The first-order valence-electron chi connectivity index (χ1n) is 3.24. The molecule has 2 bridgehead atoms. The standard InChI is InChI=1S/C7H8OS/c8-6-3-1-5-2-4-7(6)9-5/h1,3,5,7H,2,4H2. The van der Waals surface area contributed by atoms with Gasteiger partial charge < -0.3 is 0 Å². The van der Waals surface area contributed by atoms with Gasteiger partial charge >= 0.3 is 0 Å². The summed E-state index contributed by atoms with van der Waals surface area (Å²) in [5.41, 5.74) is 0. The molecule has 1 fully saturated rings. The van der Waals surface area contributed by atoms with E-state index in [2.05, 4.69) is 0 Å². The van der Waals surface area contributed by atoms with Crippen molar-refractivity contribution in [2.45, 2.75) is 23.3 Å². The van der Waals surface area contributed by atoms with Crippen LogP contribution in [0.4, 0.5) is 0 Å². The van der Waals surface area contributed by atoms with E-state index in [1.54, 1.807) is 6.08 Å². The van der Waals surface area contributed by atoms with Crippen LogP contribution >= 0.6 is 11.8 Å². The molecule has 0 aromatic rings. The number of carbonyl (C=O) groups excluding carboxylic acids is 1. The highest BCUT2D eigenvalue weighted by atomic mass is 32.2. The predicted octanol–water partition coefficient (Wildman–Crippen LogP) is 1.39. The largest absolute Gasteiger partial charge is 0.294 e. The van der Waals surface area contributed by atoms with Crippen LogP contribution in [0.25, 0.3) is 0 Å². The summed E-state index contributed by atoms with van der Waals surface area (Å²) in [5, 5.41) is 0.979. The summed E-state index contributed by atoms with van der Waals surface area (Å²) in [4.78, 5) is 10.9. The summed E-state index contributed by atoms with van der Waals surface area (Å²) < 4.78 is 0. The second kappa shape index (κ2) is 1.87. The molecule has 0 N–H and O–H groups in total. The van der Waals surface area contributed by atoms with E-state index in [1.807, 2.05) is 17.8 Å². The van der Waals surface area contributed by atoms with Gasteiger partial charge in [0.15, 0.2) is 5.78 Å². The number of carbonyl (C=O) groups is 1. The minimum absolute atomic E-state index is 0.319. The van der Waals surface area contributed by atoms with Gasteiger partial charge in [0.1, 0.15) is 0 Å². The Morgan fingerprint density at radius 3 is 3.22 bits per heavy atom. The van der Waals surface area contributed by atoms with Crippen molar-refractivity contribution in [2.24, 2.45) is 0 Å². The van der Waals surface area contributed by atoms with Gasteiger partial charge in [-0.3, -0.25) is 4.79 Å². The molecule has 2 rings (SSSR count). The van der Waals surface area contributed by atoms with Crippen LogP contribution in [0.15, 0.2) is 12.2 Å². The summed E-state index contributed by atoms with van der Waals surface area (Å²) in [6.45, 7) is 0. The van der Waals surface area contributed by atoms with Crippen molar-refractivity contribution in [3.05, 3.63) is 12.2 Å². The topological polar surface area (TPSA) is 17.1 Å². The monoisotopic (exact) mass is 140 g/mol. The zero-order chi connectivity index (χ0) is 6.27. The van der Waals surface area contributed by atoms with Crippen LogP contribution < -0.4 is 0 Å². The summed E-state index contributed by atoms with van der Waals surface area (Å²) >= 11 is 1.82. The van der Waals surface area contributed by atoms with E-state index >= 15 is 0 Å². The Morgan fingerprint density at radius 1 is 1.56 bits per heavy atom. The van der Waals surface area contributed by atoms with E-state index in [1.165, 1.54) is 6.42 Å². The van der Waals surface area contributed by atoms with Crippen LogP contribution in [0.3, 0.4) is 0 Å². The minimum atomic E-state index is 0.319. The van der Waals surface area contributed by atoms with Crippen LogP contribution in [0, 0.1) is 0 Å². The first-order chi connectivity index (χ1) is 4.36. The van der Waals surface area contributed by atoms with Crippen LogP contribution in [0.1, 0.15) is 12.8 Å². The lowest BCUT2D eigenvalue weighted by Gasteiger charge is -2.09. The molecule has 2 aliphatic rings. The maximum Gasteiger partial charge on any atom is 0.168 e. The molecule has 0 radical (unpaired) electrons. The quantitative estimate of drug-likeness (QED) is 0.505. The summed E-state index contributed by atoms with van der Waals surface area (Å²) in [6.07, 6.45) is 6.09. The van der Waals surface area contributed by atoms with E-state index in [0.717, 1.165) is 6.42 Å². The van der Waals surface area contributed by atoms with Crippen molar-refractivity contribution >= 4 is 17.5 Å². The van der Waals surface area contributed by atoms with Crippen LogP contribution in [0.5, 0.6) is 0 Å². The second-order valence-electron chi connectivity index (χ2n) is 2.50. The highest BCUT2D eigenvalue weighted by molar-refractivity contribution is 8.01. The molecule has 2 heterocycles. The van der Waals surface area contributed by atoms with Crippen molar-refractivity contribution in [3.8, 4) is 0 Å². The highest BCUT2D eigenvalue weighted by Gasteiger charge is 2.31. The van der Waals surface area contributed by atoms with E-state index in [-0.39, 0.29) is 0 Å². The number of hydrogen-bond acceptors (Lipinski definition) is 2. The molecule has 0 aliphatic carbocycles. The van der Waals surface area contributed by atoms with E-state index in [0.29, 0.717) is 16.3 Å². The van der Waals surface area contributed by atoms with Gasteiger partial charge in [-0.25, -0.2) is 0 Å². The Bertz CT molecular complexity index is 174. The van der Waals surface area contributed by atoms with Crippen molar-refractivity contribution < 1.29 is 4.79 Å². The number of rotatable bonds is 0. The molecule has 0 amide bonds. The van der Waals surface area contributed by atoms with E-state index in [9.17, 15) is 4.79 Å². The lowest BCUT2D eigenvalue weighted by atomic mass is 10.2. The Hall–Kier alpha value is -0.240. The van der Waals surface area contributed by atoms with Crippen molar-refractivity contribution in [2.75, 3.05) is 0 Å². The summed E-state index contributed by atoms with van der Waals surface area (Å²) in [7, 11) is 0. The number of ketones is 1. The fraction of sp³-hybridized carbons (Fsp3) is 0.571. The maximum absolute atomic E-state index is 10.9. The molecule has 9 heavy (non-hydrogen) atoms. The number of hydrogen-bond donors (Lipinski definition) is 0. The molecule has 0 saturated carbocycles. The van der Waals surface area contributed by atoms with Gasteiger partial charge in [-0.2, -0.15) is 0 Å². The van der Waals surface area contributed by atoms with Crippen LogP contribution in [-0.2, 0) is 4.79 Å². The molecular weight excluding hydrogens is 132 g/mol. The smallest absolute Gasteiger partial charge is 0.168 e. The molecular formula is C7H8OS. The molecule has 1 saturated heterocycles. The van der Waals surface area contributed by atoms with Gasteiger partial charge in [-0.05, 0) is 18.9 Å². The molecule has 48 valence electrons. The van der Waals surface area contributed by atoms with Crippen molar-refractivity contribution in [1.82, 2.24) is 0 Å². The highest BCUT2D eigenvalue weighted by Crippen LogP contribution is 2.37. The van der Waals surface area contributed by atoms with E-state index < -0.39 is 0 Å². The third-order valence-corrected chi connectivity index (χ3v) is 3.38. The first kappa shape index (κ1) is 5.54. The molecule has 0 spiro atoms. The molecule has 2 heteroatoms. The molecule has 0 aromatic carbocycles. The molecule has 0 aromatic heterocycles. The second-order valence-corrected chi connectivity index (χ2v) is 3.95. The summed E-state index contributed by atoms with van der Waals surface area (Å²) in [5.74, 6) is 0.328. The Kier molecular flexibility index (Phi) is 1.15. The third-order valence-electron chi connectivity index (χ3n) is 1.84. The fourth-order valence-corrected chi connectivity index (χ4v) is 2.67. The molecule has 2 unspecified atom stereocenters. The van der Waals surface area contributed by atoms with Gasteiger partial charge in [-0.15, -0.1) is 11.8 Å². The van der Waals surface area contributed by atoms with Gasteiger partial charge in [-0.1, -0.05) is 6.08 Å². The average molecular weight is 140 g/mol. The first-order valence-corrected chi connectivity index (χ1v) is 4.18. The maximum atomic E-state index is 10.9. The lowest BCUT2D eigenvalue weighted by Crippen LogP contribution is -2.13. The van der Waals surface area contributed by atoms with Crippen LogP contribution in [-0.4, -0.2) is 16.3 Å². The summed E-state index contributed by atoms with van der Waals surface area (Å²) in [6, 6.07) is 0. The Morgan fingerprint density at radius 2 is 2.44 bits per heavy atom. The predicted molar refractivity (Wildman–Crippen MR) is 38.5 cm³/mol. The third kappa shape index (κ3) is 0.816. The molecule has 2 aliphatic heterocycles. The van der Waals surface area contributed by atoms with Gasteiger partial charge in [0.05, 0.1) is 5.25 Å². The van der Waals surface area contributed by atoms with Gasteiger partial charge in [0.25, 0.3) is 0 Å².